The van der Waals surface area contributed by atoms with E-state index in [-0.39, 0.29) is 0 Å². The maximum Gasteiger partial charge on any atom is 0.546 e. The highest BCUT2D eigenvalue weighted by atomic mass is 16.7. The fourth-order valence-corrected chi connectivity index (χ4v) is 1.26. The molecular formula is C9H8N2O3. The van der Waals surface area contributed by atoms with Crippen molar-refractivity contribution in [2.45, 2.75) is 13.3 Å². The first kappa shape index (κ1) is 8.68. The van der Waals surface area contributed by atoms with Gasteiger partial charge in [-0.2, -0.15) is 0 Å². The van der Waals surface area contributed by atoms with Crippen molar-refractivity contribution >= 4 is 17.1 Å². The summed E-state index contributed by atoms with van der Waals surface area (Å²) in [5.74, 6) is 0. The molecule has 0 aliphatic rings. The Hall–Kier alpha value is -1.91. The van der Waals surface area contributed by atoms with E-state index in [1.807, 2.05) is 13.0 Å². The summed E-state index contributed by atoms with van der Waals surface area (Å²) in [5.41, 5.74) is 2.07. The quantitative estimate of drug-likeness (QED) is 0.540. The number of nitrogens with zero attached hydrogens (tertiary/aromatic N) is 2. The molecule has 72 valence electrons. The van der Waals surface area contributed by atoms with E-state index in [0.29, 0.717) is 11.1 Å². The molecule has 5 heteroatoms. The largest absolute Gasteiger partial charge is 0.546 e. The molecule has 0 unspecified atom stereocenters. The molecule has 0 N–H and O–H groups in total. The summed E-state index contributed by atoms with van der Waals surface area (Å²) < 4.78 is 4.92. The first-order chi connectivity index (χ1) is 6.70. The van der Waals surface area contributed by atoms with Gasteiger partial charge in [-0.05, 0) is 24.1 Å². The lowest BCUT2D eigenvalue weighted by atomic mass is 10.1. The number of aryl methyl sites for hydroxylation is 1. The van der Waals surface area contributed by atoms with Gasteiger partial charge in [-0.25, -0.2) is 0 Å². The number of oxazole rings is 1. The predicted octanol–water partition coefficient (Wildman–Crippen LogP) is 2.30. The van der Waals surface area contributed by atoms with Crippen molar-refractivity contribution in [1.29, 1.82) is 0 Å². The molecule has 1 aromatic heterocycles. The summed E-state index contributed by atoms with van der Waals surface area (Å²) in [5, 5.41) is 10.4. The molecule has 0 saturated heterocycles. The molecule has 1 aromatic carbocycles. The summed E-state index contributed by atoms with van der Waals surface area (Å²) in [6, 6.07) is 4.92. The molecule has 1 heterocycles. The zero-order valence-electron chi connectivity index (χ0n) is 7.56. The van der Waals surface area contributed by atoms with Crippen LogP contribution < -0.4 is 0 Å². The van der Waals surface area contributed by atoms with E-state index >= 15 is 0 Å². The van der Waals surface area contributed by atoms with Gasteiger partial charge in [0.15, 0.2) is 5.58 Å². The van der Waals surface area contributed by atoms with Gasteiger partial charge in [0, 0.05) is 9.91 Å². The minimum Gasteiger partial charge on any atom is -0.381 e. The molecule has 0 fully saturated rings. The van der Waals surface area contributed by atoms with Crippen LogP contribution in [0.4, 0.5) is 6.01 Å². The molecule has 0 amide bonds. The summed E-state index contributed by atoms with van der Waals surface area (Å²) in [4.78, 5) is 13.5. The molecule has 0 aliphatic carbocycles. The zero-order chi connectivity index (χ0) is 10.1. The lowest BCUT2D eigenvalue weighted by Crippen LogP contribution is -1.85. The van der Waals surface area contributed by atoms with Gasteiger partial charge in [-0.1, -0.05) is 13.0 Å². The van der Waals surface area contributed by atoms with E-state index in [2.05, 4.69) is 4.98 Å². The Kier molecular flexibility index (Phi) is 1.92. The Morgan fingerprint density at radius 3 is 3.00 bits per heavy atom. The molecule has 0 aliphatic heterocycles. The molecule has 2 aromatic rings. The average Bonchev–Trinajstić information content (AvgIpc) is 2.59. The minimum absolute atomic E-state index is 0.451. The van der Waals surface area contributed by atoms with Gasteiger partial charge < -0.3 is 14.5 Å². The lowest BCUT2D eigenvalue weighted by Gasteiger charge is -1.90. The van der Waals surface area contributed by atoms with E-state index in [0.717, 1.165) is 12.0 Å². The van der Waals surface area contributed by atoms with Crippen molar-refractivity contribution in [3.63, 3.8) is 0 Å². The lowest BCUT2D eigenvalue weighted by molar-refractivity contribution is -0.406. The number of nitro groups is 1. The molecule has 0 atom stereocenters. The standard InChI is InChI=1S/C9H8N2O3/c1-2-6-3-4-8-7(5-6)10-9(14-8)11(12)13/h3-5H,2H2,1H3. The molecule has 5 nitrogen and oxygen atoms in total. The highest BCUT2D eigenvalue weighted by Gasteiger charge is 2.17. The second kappa shape index (κ2) is 3.10. The van der Waals surface area contributed by atoms with Crippen LogP contribution in [0.5, 0.6) is 0 Å². The number of hydrogen-bond acceptors (Lipinski definition) is 4. The minimum atomic E-state index is -0.633. The fraction of sp³-hybridized carbons (Fsp3) is 0.222. The summed E-state index contributed by atoms with van der Waals surface area (Å²) >= 11 is 0. The van der Waals surface area contributed by atoms with Gasteiger partial charge in [-0.3, -0.25) is 0 Å². The molecule has 14 heavy (non-hydrogen) atoms. The Morgan fingerprint density at radius 1 is 1.57 bits per heavy atom. The number of rotatable bonds is 2. The average molecular weight is 192 g/mol. The maximum absolute atomic E-state index is 10.4. The number of fused-ring (bicyclic) bond motifs is 1. The van der Waals surface area contributed by atoms with E-state index in [9.17, 15) is 10.1 Å². The molecule has 0 spiro atoms. The molecular weight excluding hydrogens is 184 g/mol. The molecule has 0 radical (unpaired) electrons. The van der Waals surface area contributed by atoms with Gasteiger partial charge in [0.25, 0.3) is 0 Å². The van der Waals surface area contributed by atoms with Crippen molar-refractivity contribution in [3.8, 4) is 0 Å². The first-order valence-corrected chi connectivity index (χ1v) is 4.24. The summed E-state index contributed by atoms with van der Waals surface area (Å²) in [6.45, 7) is 2.01. The monoisotopic (exact) mass is 192 g/mol. The fourth-order valence-electron chi connectivity index (χ4n) is 1.26. The van der Waals surface area contributed by atoms with Gasteiger partial charge in [0.2, 0.25) is 5.52 Å². The normalized spacial score (nSPS) is 10.6. The third kappa shape index (κ3) is 1.32. The Labute approximate surface area is 79.5 Å². The number of benzene rings is 1. The Bertz CT molecular complexity index is 490. The van der Waals surface area contributed by atoms with Crippen LogP contribution in [0.15, 0.2) is 22.6 Å². The number of aromatic nitrogens is 1. The van der Waals surface area contributed by atoms with Gasteiger partial charge in [0.05, 0.1) is 0 Å². The highest BCUT2D eigenvalue weighted by molar-refractivity contribution is 5.74. The zero-order valence-corrected chi connectivity index (χ0v) is 7.56. The SMILES string of the molecule is CCc1ccc2oc([N+](=O)[O-])nc2c1. The number of hydrogen-bond donors (Lipinski definition) is 0. The molecule has 2 rings (SSSR count). The summed E-state index contributed by atoms with van der Waals surface area (Å²) in [6.07, 6.45) is 0.872. The Morgan fingerprint density at radius 2 is 2.36 bits per heavy atom. The second-order valence-electron chi connectivity index (χ2n) is 2.91. The van der Waals surface area contributed by atoms with Crippen LogP contribution in [0.25, 0.3) is 11.1 Å². The first-order valence-electron chi connectivity index (χ1n) is 4.24. The summed E-state index contributed by atoms with van der Waals surface area (Å²) in [7, 11) is 0. The third-order valence-corrected chi connectivity index (χ3v) is 2.01. The van der Waals surface area contributed by atoms with Gasteiger partial charge >= 0.3 is 6.01 Å². The van der Waals surface area contributed by atoms with E-state index in [1.54, 1.807) is 12.1 Å². The second-order valence-corrected chi connectivity index (χ2v) is 2.91. The van der Waals surface area contributed by atoms with Crippen LogP contribution in [0, 0.1) is 10.1 Å². The van der Waals surface area contributed by atoms with E-state index in [4.69, 9.17) is 4.42 Å². The smallest absolute Gasteiger partial charge is 0.381 e. The van der Waals surface area contributed by atoms with Crippen molar-refractivity contribution in [2.75, 3.05) is 0 Å². The van der Waals surface area contributed by atoms with Crippen molar-refractivity contribution in [2.24, 2.45) is 0 Å². The Balaban J connectivity index is 2.60. The van der Waals surface area contributed by atoms with Crippen LogP contribution in [0.1, 0.15) is 12.5 Å². The van der Waals surface area contributed by atoms with Gasteiger partial charge in [0.1, 0.15) is 0 Å². The molecule has 0 bridgehead atoms. The van der Waals surface area contributed by atoms with Crippen LogP contribution in [0.2, 0.25) is 0 Å². The van der Waals surface area contributed by atoms with Crippen LogP contribution in [-0.4, -0.2) is 9.91 Å². The maximum atomic E-state index is 10.4. The van der Waals surface area contributed by atoms with Crippen molar-refractivity contribution in [3.05, 3.63) is 33.9 Å². The predicted molar refractivity (Wildman–Crippen MR) is 50.0 cm³/mol. The van der Waals surface area contributed by atoms with E-state index in [1.165, 1.54) is 0 Å². The topological polar surface area (TPSA) is 69.2 Å². The van der Waals surface area contributed by atoms with Crippen LogP contribution >= 0.6 is 0 Å². The highest BCUT2D eigenvalue weighted by Crippen LogP contribution is 2.21. The molecule has 0 saturated carbocycles. The van der Waals surface area contributed by atoms with Crippen molar-refractivity contribution in [1.82, 2.24) is 4.98 Å². The van der Waals surface area contributed by atoms with Crippen LogP contribution in [-0.2, 0) is 6.42 Å². The third-order valence-electron chi connectivity index (χ3n) is 2.01. The van der Waals surface area contributed by atoms with Crippen LogP contribution in [0.3, 0.4) is 0 Å². The van der Waals surface area contributed by atoms with Crippen molar-refractivity contribution < 1.29 is 9.34 Å². The van der Waals surface area contributed by atoms with E-state index < -0.39 is 10.9 Å². The van der Waals surface area contributed by atoms with Gasteiger partial charge in [-0.15, -0.1) is 0 Å².